The molecule has 108 valence electrons. The molecule has 0 bridgehead atoms. The zero-order valence-electron chi connectivity index (χ0n) is 12.2. The van der Waals surface area contributed by atoms with Crippen molar-refractivity contribution < 1.29 is 0 Å². The van der Waals surface area contributed by atoms with Gasteiger partial charge in [0.1, 0.15) is 0 Å². The molecule has 0 aromatic carbocycles. The van der Waals surface area contributed by atoms with Crippen LogP contribution in [0.5, 0.6) is 0 Å². The second-order valence-electron chi connectivity index (χ2n) is 5.61. The summed E-state index contributed by atoms with van der Waals surface area (Å²) in [5.74, 6) is 2.84. The minimum atomic E-state index is 0.495. The van der Waals surface area contributed by atoms with Gasteiger partial charge in [0.05, 0.1) is 12.6 Å². The number of thioether (sulfide) groups is 1. The van der Waals surface area contributed by atoms with E-state index in [-0.39, 0.29) is 0 Å². The summed E-state index contributed by atoms with van der Waals surface area (Å²) in [5.41, 5.74) is 0. The molecule has 1 fully saturated rings. The van der Waals surface area contributed by atoms with Crippen LogP contribution in [0.25, 0.3) is 0 Å². The molecule has 1 aromatic heterocycles. The summed E-state index contributed by atoms with van der Waals surface area (Å²) in [6.45, 7) is 8.43. The molecular formula is C13H25N5S. The molecule has 1 aliphatic carbocycles. The summed E-state index contributed by atoms with van der Waals surface area (Å²) in [4.78, 5) is 0. The second-order valence-corrected chi connectivity index (χ2v) is 7.19. The summed E-state index contributed by atoms with van der Waals surface area (Å²) in [7, 11) is 0. The lowest BCUT2D eigenvalue weighted by atomic mass is 10.2. The normalized spacial score (nSPS) is 23.4. The monoisotopic (exact) mass is 283 g/mol. The van der Waals surface area contributed by atoms with E-state index in [4.69, 9.17) is 0 Å². The molecule has 1 saturated carbocycles. The highest BCUT2D eigenvalue weighted by Gasteiger charge is 2.28. The Labute approximate surface area is 119 Å². The van der Waals surface area contributed by atoms with Gasteiger partial charge in [-0.05, 0) is 47.9 Å². The van der Waals surface area contributed by atoms with E-state index in [0.29, 0.717) is 12.0 Å². The number of rotatable bonds is 7. The highest BCUT2D eigenvalue weighted by molar-refractivity contribution is 7.99. The van der Waals surface area contributed by atoms with E-state index in [1.807, 2.05) is 4.68 Å². The largest absolute Gasteiger partial charge is 0.310 e. The van der Waals surface area contributed by atoms with Crippen molar-refractivity contribution in [3.05, 3.63) is 5.82 Å². The SMILES string of the molecule is CCSC1CCC(n2nnnc2CNCC(C)C)C1. The Morgan fingerprint density at radius 1 is 1.42 bits per heavy atom. The Hall–Kier alpha value is -0.620. The molecular weight excluding hydrogens is 258 g/mol. The maximum absolute atomic E-state index is 4.20. The molecule has 0 aliphatic heterocycles. The Kier molecular flexibility index (Phi) is 5.63. The first-order valence-electron chi connectivity index (χ1n) is 7.29. The molecule has 1 aromatic rings. The van der Waals surface area contributed by atoms with Gasteiger partial charge in [-0.3, -0.25) is 0 Å². The lowest BCUT2D eigenvalue weighted by Crippen LogP contribution is -2.23. The minimum Gasteiger partial charge on any atom is -0.310 e. The first-order valence-corrected chi connectivity index (χ1v) is 8.34. The summed E-state index contributed by atoms with van der Waals surface area (Å²) in [6, 6.07) is 0.495. The first kappa shape index (κ1) is 14.8. The van der Waals surface area contributed by atoms with Gasteiger partial charge < -0.3 is 5.32 Å². The van der Waals surface area contributed by atoms with Gasteiger partial charge in [0.25, 0.3) is 0 Å². The predicted molar refractivity (Wildman–Crippen MR) is 79.2 cm³/mol. The summed E-state index contributed by atoms with van der Waals surface area (Å²) >= 11 is 2.07. The van der Waals surface area contributed by atoms with Crippen LogP contribution >= 0.6 is 11.8 Å². The molecule has 0 radical (unpaired) electrons. The Bertz CT molecular complexity index is 379. The van der Waals surface area contributed by atoms with E-state index < -0.39 is 0 Å². The summed E-state index contributed by atoms with van der Waals surface area (Å²) in [5, 5.41) is 16.4. The predicted octanol–water partition coefficient (Wildman–Crippen LogP) is 2.27. The van der Waals surface area contributed by atoms with Crippen molar-refractivity contribution in [1.82, 2.24) is 25.5 Å². The third-order valence-electron chi connectivity index (χ3n) is 3.50. The molecule has 6 heteroatoms. The lowest BCUT2D eigenvalue weighted by Gasteiger charge is -2.13. The van der Waals surface area contributed by atoms with Crippen LogP contribution in [0.3, 0.4) is 0 Å². The van der Waals surface area contributed by atoms with Gasteiger partial charge in [0.15, 0.2) is 5.82 Å². The highest BCUT2D eigenvalue weighted by Crippen LogP contribution is 2.36. The lowest BCUT2D eigenvalue weighted by molar-refractivity contribution is 0.427. The highest BCUT2D eigenvalue weighted by atomic mass is 32.2. The van der Waals surface area contributed by atoms with Crippen LogP contribution in [0.4, 0.5) is 0 Å². The Morgan fingerprint density at radius 3 is 3.00 bits per heavy atom. The maximum atomic E-state index is 4.20. The van der Waals surface area contributed by atoms with Crippen LogP contribution in [-0.4, -0.2) is 37.8 Å². The Balaban J connectivity index is 1.89. The van der Waals surface area contributed by atoms with E-state index in [9.17, 15) is 0 Å². The van der Waals surface area contributed by atoms with Crippen molar-refractivity contribution in [3.8, 4) is 0 Å². The topological polar surface area (TPSA) is 55.6 Å². The molecule has 1 N–H and O–H groups in total. The van der Waals surface area contributed by atoms with Crippen molar-refractivity contribution in [1.29, 1.82) is 0 Å². The van der Waals surface area contributed by atoms with E-state index in [1.54, 1.807) is 0 Å². The molecule has 1 heterocycles. The maximum Gasteiger partial charge on any atom is 0.165 e. The molecule has 5 nitrogen and oxygen atoms in total. The number of aromatic nitrogens is 4. The fourth-order valence-corrected chi connectivity index (χ4v) is 3.74. The fraction of sp³-hybridized carbons (Fsp3) is 0.923. The molecule has 0 saturated heterocycles. The quantitative estimate of drug-likeness (QED) is 0.832. The average molecular weight is 283 g/mol. The smallest absolute Gasteiger partial charge is 0.165 e. The molecule has 2 atom stereocenters. The number of hydrogen-bond donors (Lipinski definition) is 1. The molecule has 0 spiro atoms. The first-order chi connectivity index (χ1) is 9.20. The van der Waals surface area contributed by atoms with Crippen LogP contribution in [-0.2, 0) is 6.54 Å². The van der Waals surface area contributed by atoms with Crippen LogP contribution < -0.4 is 5.32 Å². The van der Waals surface area contributed by atoms with Gasteiger partial charge >= 0.3 is 0 Å². The van der Waals surface area contributed by atoms with Crippen molar-refractivity contribution in [3.63, 3.8) is 0 Å². The standard InChI is InChI=1S/C13H25N5S/c1-4-19-12-6-5-11(7-12)18-13(15-16-17-18)9-14-8-10(2)3/h10-12,14H,4-9H2,1-3H3. The fourth-order valence-electron chi connectivity index (χ4n) is 2.61. The average Bonchev–Trinajstić information content (AvgIpc) is 2.97. The molecule has 1 aliphatic rings. The van der Waals surface area contributed by atoms with E-state index in [2.05, 4.69) is 53.4 Å². The zero-order chi connectivity index (χ0) is 13.7. The van der Waals surface area contributed by atoms with Crippen LogP contribution in [0.15, 0.2) is 0 Å². The molecule has 0 amide bonds. The van der Waals surface area contributed by atoms with Crippen molar-refractivity contribution >= 4 is 11.8 Å². The van der Waals surface area contributed by atoms with Gasteiger partial charge in [0.2, 0.25) is 0 Å². The van der Waals surface area contributed by atoms with Crippen LogP contribution in [0, 0.1) is 5.92 Å². The van der Waals surface area contributed by atoms with Crippen molar-refractivity contribution in [2.24, 2.45) is 5.92 Å². The molecule has 19 heavy (non-hydrogen) atoms. The van der Waals surface area contributed by atoms with Crippen LogP contribution in [0.2, 0.25) is 0 Å². The van der Waals surface area contributed by atoms with Crippen LogP contribution in [0.1, 0.15) is 51.9 Å². The number of tetrazole rings is 1. The van der Waals surface area contributed by atoms with Gasteiger partial charge in [-0.1, -0.05) is 20.8 Å². The number of hydrogen-bond acceptors (Lipinski definition) is 5. The molecule has 2 rings (SSSR count). The van der Waals surface area contributed by atoms with Gasteiger partial charge in [-0.15, -0.1) is 5.10 Å². The van der Waals surface area contributed by atoms with Gasteiger partial charge in [-0.25, -0.2) is 4.68 Å². The van der Waals surface area contributed by atoms with Crippen molar-refractivity contribution in [2.75, 3.05) is 12.3 Å². The molecule has 2 unspecified atom stereocenters. The summed E-state index contributed by atoms with van der Waals surface area (Å²) in [6.07, 6.45) is 3.71. The van der Waals surface area contributed by atoms with E-state index >= 15 is 0 Å². The minimum absolute atomic E-state index is 0.495. The van der Waals surface area contributed by atoms with E-state index in [0.717, 1.165) is 24.2 Å². The number of nitrogens with one attached hydrogen (secondary N) is 1. The third-order valence-corrected chi connectivity index (χ3v) is 4.73. The van der Waals surface area contributed by atoms with Gasteiger partial charge in [-0.2, -0.15) is 11.8 Å². The van der Waals surface area contributed by atoms with Crippen molar-refractivity contribution in [2.45, 2.75) is 57.9 Å². The Morgan fingerprint density at radius 2 is 2.26 bits per heavy atom. The number of nitrogens with zero attached hydrogens (tertiary/aromatic N) is 4. The van der Waals surface area contributed by atoms with E-state index in [1.165, 1.54) is 25.0 Å². The third kappa shape index (κ3) is 4.18. The zero-order valence-corrected chi connectivity index (χ0v) is 13.0. The second kappa shape index (κ2) is 7.24. The van der Waals surface area contributed by atoms with Gasteiger partial charge in [0, 0.05) is 5.25 Å². The summed E-state index contributed by atoms with van der Waals surface area (Å²) < 4.78 is 2.05.